The fourth-order valence-corrected chi connectivity index (χ4v) is 4.01. The minimum absolute atomic E-state index is 0. The number of amides is 1. The van der Waals surface area contributed by atoms with Gasteiger partial charge in [0.2, 0.25) is 0 Å². The third kappa shape index (κ3) is 7.82. The number of nitrogen functional groups attached to an aromatic ring is 1. The highest BCUT2D eigenvalue weighted by atomic mass is 35.5. The zero-order chi connectivity index (χ0) is 26.9. The number of aryl methyl sites for hydroxylation is 2. The Labute approximate surface area is 228 Å². The molecule has 0 aliphatic heterocycles. The number of fused-ring (bicyclic) bond motifs is 1. The summed E-state index contributed by atoms with van der Waals surface area (Å²) in [5, 5.41) is 8.18. The first kappa shape index (κ1) is 30.4. The van der Waals surface area contributed by atoms with Gasteiger partial charge < -0.3 is 19.8 Å². The van der Waals surface area contributed by atoms with Crippen molar-refractivity contribution in [3.05, 3.63) is 65.4 Å². The number of Topliss-reactive ketones (excluding diaryl/α,β-unsaturated/α-hetero) is 1. The summed E-state index contributed by atoms with van der Waals surface area (Å²) in [5.74, 6) is -0.221. The molecule has 3 N–H and O–H groups in total. The molecular weight excluding hydrogens is 508 g/mol. The van der Waals surface area contributed by atoms with Gasteiger partial charge in [-0.2, -0.15) is 0 Å². The van der Waals surface area contributed by atoms with Gasteiger partial charge in [-0.3, -0.25) is 19.9 Å². The molecule has 3 rings (SSSR count). The second kappa shape index (κ2) is 14.2. The number of aromatic nitrogens is 1. The lowest BCUT2D eigenvalue weighted by Gasteiger charge is -2.20. The topological polar surface area (TPSA) is 128 Å². The van der Waals surface area contributed by atoms with Gasteiger partial charge in [0.15, 0.2) is 5.78 Å². The van der Waals surface area contributed by atoms with Crippen molar-refractivity contribution in [2.75, 3.05) is 19.7 Å². The number of nitrogens with two attached hydrogens (primary N) is 1. The normalized spacial score (nSPS) is 10.5. The number of hydrogen-bond acceptors (Lipinski definition) is 6. The highest BCUT2D eigenvalue weighted by Crippen LogP contribution is 2.27. The Morgan fingerprint density at radius 3 is 2.42 bits per heavy atom. The molecule has 0 spiro atoms. The summed E-state index contributed by atoms with van der Waals surface area (Å²) in [6.07, 6.45) is 3.57. The Morgan fingerprint density at radius 1 is 1.08 bits per heavy atom. The molecule has 0 unspecified atom stereocenters. The molecule has 0 aliphatic rings. The van der Waals surface area contributed by atoms with E-state index in [1.54, 1.807) is 43.5 Å². The van der Waals surface area contributed by atoms with Crippen LogP contribution in [0.15, 0.2) is 48.7 Å². The van der Waals surface area contributed by atoms with Crippen LogP contribution in [0.3, 0.4) is 0 Å². The van der Waals surface area contributed by atoms with Crippen LogP contribution < -0.4 is 10.5 Å². The lowest BCUT2D eigenvalue weighted by atomic mass is 10.0. The molecule has 38 heavy (non-hydrogen) atoms. The molecule has 0 fully saturated rings. The van der Waals surface area contributed by atoms with Crippen molar-refractivity contribution in [2.45, 2.75) is 39.5 Å². The van der Waals surface area contributed by atoms with Gasteiger partial charge >= 0.3 is 12.1 Å². The zero-order valence-electron chi connectivity index (χ0n) is 22.0. The highest BCUT2D eigenvalue weighted by Gasteiger charge is 2.21. The summed E-state index contributed by atoms with van der Waals surface area (Å²) in [6.45, 7) is 4.14. The first-order valence-corrected chi connectivity index (χ1v) is 12.4. The van der Waals surface area contributed by atoms with Gasteiger partial charge in [0, 0.05) is 48.2 Å². The fraction of sp³-hybridized carbons (Fsp3) is 0.357. The van der Waals surface area contributed by atoms with Crippen LogP contribution in [-0.4, -0.2) is 52.8 Å². The maximum atomic E-state index is 13.1. The molecule has 0 atom stereocenters. The summed E-state index contributed by atoms with van der Waals surface area (Å²) < 4.78 is 12.4. The third-order valence-corrected chi connectivity index (χ3v) is 6.04. The van der Waals surface area contributed by atoms with Gasteiger partial charge in [0.1, 0.15) is 18.1 Å². The number of rotatable bonds is 12. The van der Waals surface area contributed by atoms with E-state index >= 15 is 0 Å². The number of ether oxygens (including phenoxy) is 2. The van der Waals surface area contributed by atoms with E-state index < -0.39 is 12.1 Å². The van der Waals surface area contributed by atoms with E-state index in [2.05, 4.69) is 0 Å². The Bertz CT molecular complexity index is 1290. The SMILES string of the molecule is CCCCN(CC(=O)OCC)C(=O)Oc1ccc2c(c1)c(C(=O)CCc1ccc(C(=N)N)cc1)cn2C.Cl. The standard InChI is InChI=1S/C28H34N4O5.ClH/c1-4-6-15-32(18-26(34)36-5-2)28(35)37-21-12-13-24-22(16-21)23(17-31(24)3)25(33)14-9-19-7-10-20(11-8-19)27(29)30;/h7-8,10-13,16-17H,4-6,9,14-15,18H2,1-3H3,(H3,29,30);1H. The second-order valence-electron chi connectivity index (χ2n) is 8.81. The monoisotopic (exact) mass is 542 g/mol. The van der Waals surface area contributed by atoms with E-state index in [0.717, 1.165) is 23.9 Å². The number of halogens is 1. The van der Waals surface area contributed by atoms with Crippen molar-refractivity contribution in [1.82, 2.24) is 9.47 Å². The first-order valence-electron chi connectivity index (χ1n) is 12.4. The smallest absolute Gasteiger partial charge is 0.415 e. The van der Waals surface area contributed by atoms with Crippen LogP contribution in [0.25, 0.3) is 10.9 Å². The molecule has 2 aromatic carbocycles. The van der Waals surface area contributed by atoms with Crippen molar-refractivity contribution in [1.29, 1.82) is 5.41 Å². The van der Waals surface area contributed by atoms with Crippen LogP contribution in [0, 0.1) is 5.41 Å². The number of nitrogens with zero attached hydrogens (tertiary/aromatic N) is 2. The Hall–Kier alpha value is -3.85. The number of amidine groups is 1. The predicted molar refractivity (Wildman–Crippen MR) is 149 cm³/mol. The molecule has 0 radical (unpaired) electrons. The fourth-order valence-electron chi connectivity index (χ4n) is 4.01. The van der Waals surface area contributed by atoms with Crippen LogP contribution in [0.4, 0.5) is 4.79 Å². The molecule has 3 aromatic rings. The van der Waals surface area contributed by atoms with Crippen LogP contribution in [0.2, 0.25) is 0 Å². The summed E-state index contributed by atoms with van der Waals surface area (Å²) in [6, 6.07) is 12.4. The number of benzene rings is 2. The predicted octanol–water partition coefficient (Wildman–Crippen LogP) is 4.86. The Balaban J connectivity index is 0.00000507. The van der Waals surface area contributed by atoms with Crippen molar-refractivity contribution < 1.29 is 23.9 Å². The van der Waals surface area contributed by atoms with E-state index in [0.29, 0.717) is 41.6 Å². The molecule has 204 valence electrons. The number of carbonyl (C=O) groups excluding carboxylic acids is 3. The Kier molecular flexibility index (Phi) is 11.3. The van der Waals surface area contributed by atoms with Crippen LogP contribution in [0.5, 0.6) is 5.75 Å². The molecule has 1 aromatic heterocycles. The third-order valence-electron chi connectivity index (χ3n) is 6.04. The van der Waals surface area contributed by atoms with Crippen LogP contribution in [0.1, 0.15) is 54.6 Å². The van der Waals surface area contributed by atoms with Gasteiger partial charge in [-0.05, 0) is 43.5 Å². The molecule has 0 saturated heterocycles. The quantitative estimate of drug-likeness (QED) is 0.145. The molecular formula is C28H35ClN4O5. The van der Waals surface area contributed by atoms with Crippen molar-refractivity contribution in [2.24, 2.45) is 12.8 Å². The van der Waals surface area contributed by atoms with Crippen LogP contribution in [-0.2, 0) is 23.0 Å². The number of nitrogens with one attached hydrogen (secondary N) is 1. The summed E-state index contributed by atoms with van der Waals surface area (Å²) >= 11 is 0. The van der Waals surface area contributed by atoms with Gasteiger partial charge in [-0.1, -0.05) is 37.6 Å². The van der Waals surface area contributed by atoms with Crippen LogP contribution >= 0.6 is 12.4 Å². The number of unbranched alkanes of at least 4 members (excludes halogenated alkanes) is 1. The summed E-state index contributed by atoms with van der Waals surface area (Å²) in [4.78, 5) is 39.3. The lowest BCUT2D eigenvalue weighted by molar-refractivity contribution is -0.143. The van der Waals surface area contributed by atoms with Gasteiger partial charge in [-0.15, -0.1) is 12.4 Å². The molecule has 1 amide bonds. The Morgan fingerprint density at radius 2 is 1.79 bits per heavy atom. The molecule has 1 heterocycles. The molecule has 9 nitrogen and oxygen atoms in total. The van der Waals surface area contributed by atoms with Gasteiger partial charge in [-0.25, -0.2) is 4.79 Å². The number of esters is 1. The van der Waals surface area contributed by atoms with E-state index in [1.807, 2.05) is 30.7 Å². The van der Waals surface area contributed by atoms with Gasteiger partial charge in [0.25, 0.3) is 0 Å². The lowest BCUT2D eigenvalue weighted by Crippen LogP contribution is -2.39. The maximum absolute atomic E-state index is 13.1. The average molecular weight is 543 g/mol. The minimum atomic E-state index is -0.640. The average Bonchev–Trinajstić information content (AvgIpc) is 3.21. The van der Waals surface area contributed by atoms with E-state index in [-0.39, 0.29) is 37.2 Å². The van der Waals surface area contributed by atoms with E-state index in [9.17, 15) is 14.4 Å². The van der Waals surface area contributed by atoms with E-state index in [1.165, 1.54) is 4.90 Å². The summed E-state index contributed by atoms with van der Waals surface area (Å²) in [5.41, 5.74) is 8.50. The van der Waals surface area contributed by atoms with Gasteiger partial charge in [0.05, 0.1) is 6.61 Å². The first-order chi connectivity index (χ1) is 17.7. The number of hydrogen-bond donors (Lipinski definition) is 2. The zero-order valence-corrected chi connectivity index (χ0v) is 22.8. The molecule has 0 bridgehead atoms. The molecule has 0 saturated carbocycles. The summed E-state index contributed by atoms with van der Waals surface area (Å²) in [7, 11) is 1.86. The van der Waals surface area contributed by atoms with E-state index in [4.69, 9.17) is 20.6 Å². The molecule has 10 heteroatoms. The van der Waals surface area contributed by atoms with Crippen molar-refractivity contribution in [3.8, 4) is 5.75 Å². The number of carbonyl (C=O) groups is 3. The highest BCUT2D eigenvalue weighted by molar-refractivity contribution is 6.08. The van der Waals surface area contributed by atoms with Crippen molar-refractivity contribution in [3.63, 3.8) is 0 Å². The minimum Gasteiger partial charge on any atom is -0.465 e. The molecule has 0 aliphatic carbocycles. The number of ketones is 1. The van der Waals surface area contributed by atoms with Crippen molar-refractivity contribution >= 4 is 47.0 Å². The second-order valence-corrected chi connectivity index (χ2v) is 8.81. The maximum Gasteiger partial charge on any atom is 0.415 e. The largest absolute Gasteiger partial charge is 0.465 e.